The van der Waals surface area contributed by atoms with Crippen LogP contribution in [0.25, 0.3) is 0 Å². The Bertz CT molecular complexity index is 384. The van der Waals surface area contributed by atoms with Crippen molar-refractivity contribution in [2.75, 3.05) is 0 Å². The molecule has 0 bridgehead atoms. The number of carboxylic acids is 2. The fourth-order valence-electron chi connectivity index (χ4n) is 3.98. The van der Waals surface area contributed by atoms with Crippen molar-refractivity contribution < 1.29 is 22.7 Å². The van der Waals surface area contributed by atoms with Gasteiger partial charge in [0.25, 0.3) is 0 Å². The van der Waals surface area contributed by atoms with E-state index in [-0.39, 0.29) is 38.2 Å². The molecule has 0 spiro atoms. The summed E-state index contributed by atoms with van der Waals surface area (Å²) in [5.41, 5.74) is 0. The first-order valence-corrected chi connectivity index (χ1v) is 12.0. The maximum atomic E-state index is 11.3. The maximum Gasteiger partial charge on any atom is 2.00 e. The summed E-state index contributed by atoms with van der Waals surface area (Å²) >= 11 is 0. The Labute approximate surface area is 198 Å². The molecular formula is C24H48MgO4. The molecule has 0 aromatic carbocycles. The fraction of sp³-hybridized carbons (Fsp3) is 0.917. The predicted octanol–water partition coefficient (Wildman–Crippen LogP) is 7.29. The van der Waals surface area contributed by atoms with Crippen molar-refractivity contribution in [2.45, 2.75) is 129 Å². The molecule has 2 N–H and O–H groups in total. The summed E-state index contributed by atoms with van der Waals surface area (Å²) in [4.78, 5) is 22.5. The molecule has 0 saturated heterocycles. The van der Waals surface area contributed by atoms with Gasteiger partial charge in [0.05, 0.1) is 0 Å². The molecule has 0 aliphatic rings. The van der Waals surface area contributed by atoms with Crippen molar-refractivity contribution in [1.82, 2.24) is 0 Å². The van der Waals surface area contributed by atoms with Crippen LogP contribution in [-0.4, -0.2) is 45.2 Å². The zero-order valence-corrected chi connectivity index (χ0v) is 20.7. The summed E-state index contributed by atoms with van der Waals surface area (Å²) in [7, 11) is 0. The summed E-state index contributed by atoms with van der Waals surface area (Å²) in [6, 6.07) is 0. The molecule has 0 saturated carbocycles. The first-order valence-electron chi connectivity index (χ1n) is 12.0. The third-order valence-electron chi connectivity index (χ3n) is 5.85. The van der Waals surface area contributed by atoms with Crippen LogP contribution in [0.15, 0.2) is 0 Å². The van der Waals surface area contributed by atoms with E-state index in [1.165, 1.54) is 83.5 Å². The minimum Gasteiger partial charge on any atom is -1.00 e. The van der Waals surface area contributed by atoms with Crippen molar-refractivity contribution in [3.05, 3.63) is 0 Å². The van der Waals surface area contributed by atoms with Gasteiger partial charge in [-0.25, -0.2) is 0 Å². The number of carboxylic acid groups (broad SMARTS) is 2. The van der Waals surface area contributed by atoms with Crippen LogP contribution in [-0.2, 0) is 9.59 Å². The van der Waals surface area contributed by atoms with Gasteiger partial charge in [-0.05, 0) is 12.3 Å². The first kappa shape index (κ1) is 30.9. The molecule has 170 valence electrons. The summed E-state index contributed by atoms with van der Waals surface area (Å²) in [5, 5.41) is 18.4. The van der Waals surface area contributed by atoms with Crippen LogP contribution in [0.3, 0.4) is 0 Å². The van der Waals surface area contributed by atoms with Crippen molar-refractivity contribution in [2.24, 2.45) is 11.8 Å². The van der Waals surface area contributed by atoms with Gasteiger partial charge in [0, 0.05) is 0 Å². The average molecular weight is 425 g/mol. The topological polar surface area (TPSA) is 74.6 Å². The summed E-state index contributed by atoms with van der Waals surface area (Å²) < 4.78 is 0. The fourth-order valence-corrected chi connectivity index (χ4v) is 3.98. The Morgan fingerprint density at radius 1 is 0.621 bits per heavy atom. The van der Waals surface area contributed by atoms with Crippen LogP contribution in [0.2, 0.25) is 0 Å². The summed E-state index contributed by atoms with van der Waals surface area (Å²) in [5.74, 6) is -3.39. The van der Waals surface area contributed by atoms with E-state index in [4.69, 9.17) is 0 Å². The van der Waals surface area contributed by atoms with E-state index >= 15 is 0 Å². The molecule has 0 amide bonds. The van der Waals surface area contributed by atoms with Crippen molar-refractivity contribution >= 4 is 35.0 Å². The zero-order valence-electron chi connectivity index (χ0n) is 21.3. The van der Waals surface area contributed by atoms with Crippen LogP contribution >= 0.6 is 0 Å². The molecule has 4 nitrogen and oxygen atoms in total. The number of hydrogen-bond donors (Lipinski definition) is 2. The second-order valence-electron chi connectivity index (χ2n) is 8.50. The molecule has 0 aliphatic carbocycles. The molecular weight excluding hydrogens is 377 g/mol. The Balaban J connectivity index is -0.00000121. The van der Waals surface area contributed by atoms with Crippen LogP contribution < -0.4 is 0 Å². The smallest absolute Gasteiger partial charge is 1.00 e. The van der Waals surface area contributed by atoms with E-state index in [2.05, 4.69) is 13.8 Å². The first-order chi connectivity index (χ1) is 13.5. The van der Waals surface area contributed by atoms with Gasteiger partial charge in [-0.1, -0.05) is 123 Å². The number of unbranched alkanes of at least 4 members (excludes halogenated alkanes) is 13. The van der Waals surface area contributed by atoms with Crippen LogP contribution in [0, 0.1) is 11.8 Å². The van der Waals surface area contributed by atoms with Crippen LogP contribution in [0.1, 0.15) is 132 Å². The Morgan fingerprint density at radius 3 is 1.24 bits per heavy atom. The Hall–Kier alpha value is -0.294. The molecule has 5 heteroatoms. The molecule has 0 heterocycles. The molecule has 0 rings (SSSR count). The third-order valence-corrected chi connectivity index (χ3v) is 5.85. The van der Waals surface area contributed by atoms with E-state index in [0.29, 0.717) is 0 Å². The van der Waals surface area contributed by atoms with E-state index in [1.54, 1.807) is 0 Å². The standard InChI is InChI=1S/C24H46O4.Mg.2H/c1-3-5-7-9-10-11-12-13-15-17-19-21(18-16-14-8-6-4-2)20-22(23(25)26)24(27)28;;;/h21-22H,3-20H2,1-2H3,(H,25,26)(H,27,28);;;/q;+2;2*-1. The second kappa shape index (κ2) is 22.4. The van der Waals surface area contributed by atoms with Crippen LogP contribution in [0.5, 0.6) is 0 Å². The normalized spacial score (nSPS) is 12.0. The van der Waals surface area contributed by atoms with Gasteiger partial charge in [0.15, 0.2) is 5.92 Å². The van der Waals surface area contributed by atoms with Gasteiger partial charge < -0.3 is 13.1 Å². The van der Waals surface area contributed by atoms with Gasteiger partial charge in [0.1, 0.15) is 0 Å². The molecule has 0 aromatic rings. The van der Waals surface area contributed by atoms with Gasteiger partial charge in [-0.15, -0.1) is 0 Å². The molecule has 0 radical (unpaired) electrons. The summed E-state index contributed by atoms with van der Waals surface area (Å²) in [6.07, 6.45) is 21.1. The van der Waals surface area contributed by atoms with Crippen molar-refractivity contribution in [1.29, 1.82) is 0 Å². The predicted molar refractivity (Wildman–Crippen MR) is 125 cm³/mol. The van der Waals surface area contributed by atoms with Crippen molar-refractivity contribution in [3.63, 3.8) is 0 Å². The van der Waals surface area contributed by atoms with Crippen LogP contribution in [0.4, 0.5) is 0 Å². The number of rotatable bonds is 21. The molecule has 29 heavy (non-hydrogen) atoms. The molecule has 0 fully saturated rings. The Morgan fingerprint density at radius 2 is 0.931 bits per heavy atom. The van der Waals surface area contributed by atoms with Gasteiger partial charge >= 0.3 is 35.0 Å². The molecule has 0 aromatic heterocycles. The monoisotopic (exact) mass is 424 g/mol. The van der Waals surface area contributed by atoms with Crippen molar-refractivity contribution in [3.8, 4) is 0 Å². The van der Waals surface area contributed by atoms with E-state index in [1.807, 2.05) is 0 Å². The Kier molecular flexibility index (Phi) is 23.9. The number of carbonyl (C=O) groups is 2. The third kappa shape index (κ3) is 19.4. The maximum absolute atomic E-state index is 11.3. The summed E-state index contributed by atoms with van der Waals surface area (Å²) in [6.45, 7) is 4.44. The van der Waals surface area contributed by atoms with Gasteiger partial charge in [0.2, 0.25) is 0 Å². The van der Waals surface area contributed by atoms with E-state index in [9.17, 15) is 19.8 Å². The molecule has 1 atom stereocenters. The molecule has 1 unspecified atom stereocenters. The average Bonchev–Trinajstić information content (AvgIpc) is 2.65. The minimum absolute atomic E-state index is 0. The van der Waals surface area contributed by atoms with Gasteiger partial charge in [-0.3, -0.25) is 9.59 Å². The zero-order chi connectivity index (χ0) is 21.0. The molecule has 0 aliphatic heterocycles. The quantitative estimate of drug-likeness (QED) is 0.115. The second-order valence-corrected chi connectivity index (χ2v) is 8.50. The minimum atomic E-state index is -1.25. The SMILES string of the molecule is CCCCCCCCCCCCC(CCCCCCC)CC(C(=O)O)C(=O)O.[H-].[H-].[Mg+2]. The number of aliphatic carboxylic acids is 2. The number of hydrogen-bond acceptors (Lipinski definition) is 2. The van der Waals surface area contributed by atoms with E-state index in [0.717, 1.165) is 25.7 Å². The van der Waals surface area contributed by atoms with E-state index < -0.39 is 17.9 Å². The largest absolute Gasteiger partial charge is 2.00 e. The van der Waals surface area contributed by atoms with Gasteiger partial charge in [-0.2, -0.15) is 0 Å².